The molecule has 236 valence electrons. The van der Waals surface area contributed by atoms with Crippen LogP contribution in [0.4, 0.5) is 0 Å². The normalized spacial score (nSPS) is 15.4. The number of thioether (sulfide) groups is 1. The van der Waals surface area contributed by atoms with Gasteiger partial charge in [-0.25, -0.2) is 0 Å². The van der Waals surface area contributed by atoms with Crippen LogP contribution in [0.1, 0.15) is 79.8 Å². The SMILES string of the molecule is Cc1ccc(-n2c(Cc3ccccc3)nnc2SCCCCC(=O)N2CCN(C(=O)c3ccc(C(C)(C)C)cc3)C(C)C2)cc1. The largest absolute Gasteiger partial charge is 0.339 e. The molecule has 0 spiro atoms. The molecule has 1 unspecified atom stereocenters. The molecule has 5 rings (SSSR count). The lowest BCUT2D eigenvalue weighted by Gasteiger charge is -2.40. The number of carbonyl (C=O) groups is 2. The van der Waals surface area contributed by atoms with Crippen LogP contribution in [0, 0.1) is 6.92 Å². The molecule has 45 heavy (non-hydrogen) atoms. The van der Waals surface area contributed by atoms with Crippen LogP contribution in [0.25, 0.3) is 5.69 Å². The van der Waals surface area contributed by atoms with Gasteiger partial charge in [-0.05, 0) is 67.5 Å². The minimum Gasteiger partial charge on any atom is -0.339 e. The Bertz CT molecular complexity index is 1580. The van der Waals surface area contributed by atoms with Crippen LogP contribution in [0.3, 0.4) is 0 Å². The highest BCUT2D eigenvalue weighted by Crippen LogP contribution is 2.26. The van der Waals surface area contributed by atoms with Gasteiger partial charge >= 0.3 is 0 Å². The molecule has 1 saturated heterocycles. The summed E-state index contributed by atoms with van der Waals surface area (Å²) >= 11 is 1.69. The number of benzene rings is 3. The van der Waals surface area contributed by atoms with Gasteiger partial charge in [0.15, 0.2) is 5.16 Å². The number of hydrogen-bond acceptors (Lipinski definition) is 5. The summed E-state index contributed by atoms with van der Waals surface area (Å²) in [5.41, 5.74) is 5.43. The molecule has 0 N–H and O–H groups in total. The van der Waals surface area contributed by atoms with E-state index < -0.39 is 0 Å². The van der Waals surface area contributed by atoms with Crippen molar-refractivity contribution in [3.63, 3.8) is 0 Å². The zero-order chi connectivity index (χ0) is 32.0. The number of piperazine rings is 1. The van der Waals surface area contributed by atoms with Gasteiger partial charge in [-0.3, -0.25) is 14.2 Å². The van der Waals surface area contributed by atoms with Crippen LogP contribution in [-0.2, 0) is 16.6 Å². The van der Waals surface area contributed by atoms with Crippen molar-refractivity contribution >= 4 is 23.6 Å². The molecule has 2 amide bonds. The van der Waals surface area contributed by atoms with Gasteiger partial charge in [-0.1, -0.05) is 92.7 Å². The minimum atomic E-state index is -0.0220. The van der Waals surface area contributed by atoms with E-state index in [1.807, 2.05) is 59.2 Å². The Morgan fingerprint density at radius 1 is 0.889 bits per heavy atom. The van der Waals surface area contributed by atoms with Gasteiger partial charge in [0.1, 0.15) is 5.82 Å². The Balaban J connectivity index is 1.11. The second kappa shape index (κ2) is 14.5. The van der Waals surface area contributed by atoms with Gasteiger partial charge in [-0.15, -0.1) is 10.2 Å². The molecule has 3 aromatic carbocycles. The molecule has 7 nitrogen and oxygen atoms in total. The number of aromatic nitrogens is 3. The van der Waals surface area contributed by atoms with Crippen molar-refractivity contribution < 1.29 is 9.59 Å². The topological polar surface area (TPSA) is 71.3 Å². The number of hydrogen-bond donors (Lipinski definition) is 0. The molecule has 0 bridgehead atoms. The van der Waals surface area contributed by atoms with Crippen LogP contribution in [0.5, 0.6) is 0 Å². The first-order valence-electron chi connectivity index (χ1n) is 16.0. The number of aryl methyl sites for hydroxylation is 1. The summed E-state index contributed by atoms with van der Waals surface area (Å²) in [6, 6.07) is 26.7. The summed E-state index contributed by atoms with van der Waals surface area (Å²) in [6.45, 7) is 12.3. The molecule has 1 fully saturated rings. The third-order valence-corrected chi connectivity index (χ3v) is 9.47. The smallest absolute Gasteiger partial charge is 0.254 e. The predicted molar refractivity (Wildman–Crippen MR) is 182 cm³/mol. The third-order valence-electron chi connectivity index (χ3n) is 8.45. The molecule has 1 aromatic heterocycles. The quantitative estimate of drug-likeness (QED) is 0.139. The molecule has 0 aliphatic carbocycles. The molecule has 0 radical (unpaired) electrons. The summed E-state index contributed by atoms with van der Waals surface area (Å²) in [5.74, 6) is 1.98. The van der Waals surface area contributed by atoms with E-state index in [1.54, 1.807) is 11.8 Å². The lowest BCUT2D eigenvalue weighted by molar-refractivity contribution is -0.133. The van der Waals surface area contributed by atoms with E-state index in [-0.39, 0.29) is 23.3 Å². The maximum Gasteiger partial charge on any atom is 0.254 e. The van der Waals surface area contributed by atoms with E-state index in [0.29, 0.717) is 38.0 Å². The molecule has 2 heterocycles. The van der Waals surface area contributed by atoms with Gasteiger partial charge in [0.25, 0.3) is 5.91 Å². The Kier molecular flexibility index (Phi) is 10.4. The van der Waals surface area contributed by atoms with Crippen molar-refractivity contribution in [1.29, 1.82) is 0 Å². The van der Waals surface area contributed by atoms with Gasteiger partial charge in [0.2, 0.25) is 5.91 Å². The summed E-state index contributed by atoms with van der Waals surface area (Å²) in [5, 5.41) is 9.99. The molecular weight excluding hydrogens is 579 g/mol. The fraction of sp³-hybridized carbons (Fsp3) is 0.405. The van der Waals surface area contributed by atoms with E-state index in [4.69, 9.17) is 0 Å². The first-order chi connectivity index (χ1) is 21.6. The lowest BCUT2D eigenvalue weighted by Crippen LogP contribution is -2.55. The summed E-state index contributed by atoms with van der Waals surface area (Å²) in [4.78, 5) is 30.2. The lowest BCUT2D eigenvalue weighted by atomic mass is 9.86. The van der Waals surface area contributed by atoms with Gasteiger partial charge in [0, 0.05) is 55.5 Å². The highest BCUT2D eigenvalue weighted by atomic mass is 32.2. The average Bonchev–Trinajstić information content (AvgIpc) is 3.42. The van der Waals surface area contributed by atoms with Crippen LogP contribution in [0.15, 0.2) is 84.0 Å². The highest BCUT2D eigenvalue weighted by Gasteiger charge is 2.30. The van der Waals surface area contributed by atoms with Crippen molar-refractivity contribution in [2.45, 2.75) is 76.9 Å². The number of unbranched alkanes of at least 4 members (excludes halogenated alkanes) is 1. The van der Waals surface area contributed by atoms with Crippen molar-refractivity contribution in [3.8, 4) is 5.69 Å². The molecule has 0 saturated carbocycles. The maximum absolute atomic E-state index is 13.2. The maximum atomic E-state index is 13.2. The Labute approximate surface area is 272 Å². The second-order valence-electron chi connectivity index (χ2n) is 13.1. The fourth-order valence-corrected chi connectivity index (χ4v) is 6.67. The van der Waals surface area contributed by atoms with Crippen molar-refractivity contribution in [2.75, 3.05) is 25.4 Å². The first kappa shape index (κ1) is 32.5. The Morgan fingerprint density at radius 2 is 1.60 bits per heavy atom. The van der Waals surface area contributed by atoms with Crippen molar-refractivity contribution in [3.05, 3.63) is 107 Å². The van der Waals surface area contributed by atoms with Crippen LogP contribution >= 0.6 is 11.8 Å². The van der Waals surface area contributed by atoms with Crippen molar-refractivity contribution in [1.82, 2.24) is 24.6 Å². The summed E-state index contributed by atoms with van der Waals surface area (Å²) in [6.07, 6.45) is 2.94. The molecule has 8 heteroatoms. The van der Waals surface area contributed by atoms with E-state index >= 15 is 0 Å². The molecule has 1 aliphatic heterocycles. The Hall–Kier alpha value is -3.91. The Morgan fingerprint density at radius 3 is 2.27 bits per heavy atom. The standard InChI is InChI=1S/C37H45N5O2S/c1-27-14-20-32(21-15-27)42-33(25-29-11-7-6-8-12-29)38-39-36(42)45-24-10-9-13-34(43)40-22-23-41(28(2)26-40)35(44)30-16-18-31(19-17-30)37(3,4)5/h6-8,11-12,14-21,28H,9-10,13,22-26H2,1-5H3. The van der Waals surface area contributed by atoms with Crippen LogP contribution in [0.2, 0.25) is 0 Å². The predicted octanol–water partition coefficient (Wildman–Crippen LogP) is 7.10. The van der Waals surface area contributed by atoms with Crippen molar-refractivity contribution in [2.24, 2.45) is 0 Å². The average molecular weight is 624 g/mol. The zero-order valence-electron chi connectivity index (χ0n) is 27.2. The number of amides is 2. The van der Waals surface area contributed by atoms with E-state index in [9.17, 15) is 9.59 Å². The van der Waals surface area contributed by atoms with E-state index in [2.05, 4.69) is 78.9 Å². The van der Waals surface area contributed by atoms with E-state index in [1.165, 1.54) is 16.7 Å². The fourth-order valence-electron chi connectivity index (χ4n) is 5.70. The number of rotatable bonds is 10. The van der Waals surface area contributed by atoms with Crippen LogP contribution in [-0.4, -0.2) is 67.8 Å². The zero-order valence-corrected chi connectivity index (χ0v) is 28.0. The van der Waals surface area contributed by atoms with Gasteiger partial charge < -0.3 is 9.80 Å². The third kappa shape index (κ3) is 8.23. The van der Waals surface area contributed by atoms with Gasteiger partial charge in [0.05, 0.1) is 0 Å². The molecule has 1 atom stereocenters. The second-order valence-corrected chi connectivity index (χ2v) is 14.1. The monoisotopic (exact) mass is 623 g/mol. The number of nitrogens with zero attached hydrogens (tertiary/aromatic N) is 5. The molecular formula is C37H45N5O2S. The highest BCUT2D eigenvalue weighted by molar-refractivity contribution is 7.99. The summed E-state index contributed by atoms with van der Waals surface area (Å²) in [7, 11) is 0. The van der Waals surface area contributed by atoms with Gasteiger partial charge in [-0.2, -0.15) is 0 Å². The van der Waals surface area contributed by atoms with Crippen LogP contribution < -0.4 is 0 Å². The van der Waals surface area contributed by atoms with E-state index in [0.717, 1.165) is 35.3 Å². The summed E-state index contributed by atoms with van der Waals surface area (Å²) < 4.78 is 2.16. The molecule has 1 aliphatic rings. The minimum absolute atomic E-state index is 0.0220. The molecule has 4 aromatic rings. The first-order valence-corrected chi connectivity index (χ1v) is 17.0. The number of carbonyl (C=O) groups excluding carboxylic acids is 2.